The standard InChI is InChI=1S/C17H17ClN6O/c1-9-5-7-13(8-6-9)21-22-14-12(4)23-24(16(14)25)17-19-11(3)10(2)15(18)20-17/h5-8,23H,1-4H3. The zero-order valence-electron chi connectivity index (χ0n) is 14.3. The molecule has 1 aromatic carbocycles. The molecule has 128 valence electrons. The number of aryl methyl sites for hydroxylation is 3. The van der Waals surface area contributed by atoms with Crippen LogP contribution >= 0.6 is 11.6 Å². The Hall–Kier alpha value is -2.80. The van der Waals surface area contributed by atoms with Crippen molar-refractivity contribution in [3.63, 3.8) is 0 Å². The van der Waals surface area contributed by atoms with E-state index in [4.69, 9.17) is 11.6 Å². The lowest BCUT2D eigenvalue weighted by Crippen LogP contribution is -2.18. The molecule has 0 aliphatic carbocycles. The average Bonchev–Trinajstić information content (AvgIpc) is 2.86. The maximum Gasteiger partial charge on any atom is 0.301 e. The van der Waals surface area contributed by atoms with Gasteiger partial charge in [0.2, 0.25) is 0 Å². The maximum absolute atomic E-state index is 12.6. The first kappa shape index (κ1) is 17.0. The van der Waals surface area contributed by atoms with E-state index in [0.717, 1.165) is 11.1 Å². The molecule has 8 heteroatoms. The van der Waals surface area contributed by atoms with Crippen molar-refractivity contribution in [3.05, 3.63) is 62.3 Å². The minimum Gasteiger partial charge on any atom is -0.290 e. The Bertz CT molecular complexity index is 994. The van der Waals surface area contributed by atoms with Crippen LogP contribution in [0.2, 0.25) is 5.15 Å². The first-order valence-electron chi connectivity index (χ1n) is 7.68. The molecule has 0 fully saturated rings. The summed E-state index contributed by atoms with van der Waals surface area (Å²) in [7, 11) is 0. The summed E-state index contributed by atoms with van der Waals surface area (Å²) in [6.07, 6.45) is 0. The molecule has 0 spiro atoms. The number of aromatic amines is 1. The number of rotatable bonds is 3. The Kier molecular flexibility index (Phi) is 4.50. The SMILES string of the molecule is Cc1ccc(N=Nc2c(C)[nH]n(-c3nc(C)c(C)c(Cl)n3)c2=O)cc1. The van der Waals surface area contributed by atoms with Gasteiger partial charge in [-0.3, -0.25) is 9.89 Å². The van der Waals surface area contributed by atoms with Gasteiger partial charge in [-0.15, -0.1) is 5.11 Å². The topological polar surface area (TPSA) is 88.3 Å². The Morgan fingerprint density at radius 3 is 2.36 bits per heavy atom. The van der Waals surface area contributed by atoms with E-state index < -0.39 is 0 Å². The summed E-state index contributed by atoms with van der Waals surface area (Å²) in [6.45, 7) is 7.37. The van der Waals surface area contributed by atoms with Gasteiger partial charge >= 0.3 is 5.56 Å². The number of hydrogen-bond donors (Lipinski definition) is 1. The van der Waals surface area contributed by atoms with Crippen molar-refractivity contribution in [2.45, 2.75) is 27.7 Å². The van der Waals surface area contributed by atoms with Gasteiger partial charge in [-0.1, -0.05) is 29.3 Å². The van der Waals surface area contributed by atoms with Crippen molar-refractivity contribution < 1.29 is 0 Å². The van der Waals surface area contributed by atoms with E-state index in [2.05, 4.69) is 25.3 Å². The lowest BCUT2D eigenvalue weighted by molar-refractivity contribution is 0.766. The number of nitrogens with one attached hydrogen (secondary N) is 1. The highest BCUT2D eigenvalue weighted by Crippen LogP contribution is 2.20. The maximum atomic E-state index is 12.6. The van der Waals surface area contributed by atoms with Gasteiger partial charge in [0.1, 0.15) is 5.15 Å². The highest BCUT2D eigenvalue weighted by atomic mass is 35.5. The second kappa shape index (κ2) is 6.60. The van der Waals surface area contributed by atoms with Gasteiger partial charge in [0.05, 0.1) is 11.4 Å². The van der Waals surface area contributed by atoms with Crippen molar-refractivity contribution in [1.29, 1.82) is 0 Å². The van der Waals surface area contributed by atoms with Crippen LogP contribution < -0.4 is 5.56 Å². The number of aromatic nitrogens is 4. The molecule has 7 nitrogen and oxygen atoms in total. The normalized spacial score (nSPS) is 11.4. The molecule has 3 rings (SSSR count). The monoisotopic (exact) mass is 356 g/mol. The Morgan fingerprint density at radius 2 is 1.72 bits per heavy atom. The number of azo groups is 1. The summed E-state index contributed by atoms with van der Waals surface area (Å²) >= 11 is 6.10. The minimum atomic E-state index is -0.382. The summed E-state index contributed by atoms with van der Waals surface area (Å²) in [5.74, 6) is 0.179. The van der Waals surface area contributed by atoms with Gasteiger partial charge in [0.15, 0.2) is 5.69 Å². The third kappa shape index (κ3) is 3.36. The molecule has 0 atom stereocenters. The fourth-order valence-electron chi connectivity index (χ4n) is 2.20. The third-order valence-corrected chi connectivity index (χ3v) is 4.23. The number of benzene rings is 1. The average molecular weight is 357 g/mol. The Balaban J connectivity index is 2.02. The predicted molar refractivity (Wildman–Crippen MR) is 96.6 cm³/mol. The van der Waals surface area contributed by atoms with E-state index in [0.29, 0.717) is 22.2 Å². The molecule has 2 heterocycles. The number of halogens is 1. The van der Waals surface area contributed by atoms with Gasteiger partial charge in [0, 0.05) is 11.3 Å². The van der Waals surface area contributed by atoms with E-state index in [1.165, 1.54) is 4.68 Å². The molecule has 0 saturated carbocycles. The van der Waals surface area contributed by atoms with Gasteiger partial charge in [-0.05, 0) is 39.8 Å². The van der Waals surface area contributed by atoms with Gasteiger partial charge < -0.3 is 0 Å². The van der Waals surface area contributed by atoms with E-state index in [1.807, 2.05) is 45.0 Å². The quantitative estimate of drug-likeness (QED) is 0.561. The summed E-state index contributed by atoms with van der Waals surface area (Å²) in [6, 6.07) is 7.54. The van der Waals surface area contributed by atoms with Crippen LogP contribution in [-0.4, -0.2) is 19.7 Å². The highest BCUT2D eigenvalue weighted by Gasteiger charge is 2.16. The zero-order valence-corrected chi connectivity index (χ0v) is 15.1. The summed E-state index contributed by atoms with van der Waals surface area (Å²) in [5.41, 5.74) is 3.67. The predicted octanol–water partition coefficient (Wildman–Crippen LogP) is 4.26. The summed E-state index contributed by atoms with van der Waals surface area (Å²) in [4.78, 5) is 21.1. The highest BCUT2D eigenvalue weighted by molar-refractivity contribution is 6.30. The molecule has 3 aromatic rings. The summed E-state index contributed by atoms with van der Waals surface area (Å²) < 4.78 is 1.22. The van der Waals surface area contributed by atoms with Gasteiger partial charge in [-0.25, -0.2) is 4.98 Å². The van der Waals surface area contributed by atoms with Crippen LogP contribution in [0.4, 0.5) is 11.4 Å². The molecule has 0 radical (unpaired) electrons. The molecule has 0 saturated heterocycles. The van der Waals surface area contributed by atoms with Crippen molar-refractivity contribution in [1.82, 2.24) is 19.7 Å². The molecular formula is C17H17ClN6O. The number of H-pyrrole nitrogens is 1. The lowest BCUT2D eigenvalue weighted by atomic mass is 10.2. The molecule has 0 unspecified atom stereocenters. The van der Waals surface area contributed by atoms with Crippen molar-refractivity contribution in [3.8, 4) is 5.95 Å². The zero-order chi connectivity index (χ0) is 18.1. The van der Waals surface area contributed by atoms with Crippen LogP contribution in [0.3, 0.4) is 0 Å². The second-order valence-corrected chi connectivity index (χ2v) is 6.14. The molecule has 25 heavy (non-hydrogen) atoms. The van der Waals surface area contributed by atoms with Crippen LogP contribution in [0.25, 0.3) is 5.95 Å². The molecule has 0 aliphatic heterocycles. The Labute approximate surface area is 149 Å². The summed E-state index contributed by atoms with van der Waals surface area (Å²) in [5, 5.41) is 11.4. The van der Waals surface area contributed by atoms with E-state index in [9.17, 15) is 4.79 Å². The molecule has 2 aromatic heterocycles. The third-order valence-electron chi connectivity index (χ3n) is 3.86. The van der Waals surface area contributed by atoms with Crippen LogP contribution in [-0.2, 0) is 0 Å². The Morgan fingerprint density at radius 1 is 1.04 bits per heavy atom. The minimum absolute atomic E-state index is 0.179. The molecule has 1 N–H and O–H groups in total. The first-order chi connectivity index (χ1) is 11.9. The van der Waals surface area contributed by atoms with Crippen molar-refractivity contribution in [2.75, 3.05) is 0 Å². The largest absolute Gasteiger partial charge is 0.301 e. The smallest absolute Gasteiger partial charge is 0.290 e. The molecule has 0 bridgehead atoms. The van der Waals surface area contributed by atoms with Crippen LogP contribution in [0, 0.1) is 27.7 Å². The van der Waals surface area contributed by atoms with Crippen LogP contribution in [0.15, 0.2) is 39.3 Å². The first-order valence-corrected chi connectivity index (χ1v) is 8.05. The number of hydrogen-bond acceptors (Lipinski definition) is 5. The van der Waals surface area contributed by atoms with Crippen LogP contribution in [0.1, 0.15) is 22.5 Å². The lowest BCUT2D eigenvalue weighted by Gasteiger charge is -2.05. The van der Waals surface area contributed by atoms with E-state index >= 15 is 0 Å². The van der Waals surface area contributed by atoms with Crippen molar-refractivity contribution >= 4 is 23.0 Å². The van der Waals surface area contributed by atoms with Crippen molar-refractivity contribution in [2.24, 2.45) is 10.2 Å². The van der Waals surface area contributed by atoms with Gasteiger partial charge in [-0.2, -0.15) is 14.8 Å². The van der Waals surface area contributed by atoms with E-state index in [-0.39, 0.29) is 17.2 Å². The fourth-order valence-corrected chi connectivity index (χ4v) is 2.41. The van der Waals surface area contributed by atoms with E-state index in [1.54, 1.807) is 6.92 Å². The molecule has 0 aliphatic rings. The van der Waals surface area contributed by atoms with Crippen LogP contribution in [0.5, 0.6) is 0 Å². The van der Waals surface area contributed by atoms with Gasteiger partial charge in [0.25, 0.3) is 5.95 Å². The molecular weight excluding hydrogens is 340 g/mol. The number of nitrogens with zero attached hydrogens (tertiary/aromatic N) is 5. The second-order valence-electron chi connectivity index (χ2n) is 5.79. The molecule has 0 amide bonds. The fraction of sp³-hybridized carbons (Fsp3) is 0.235.